The lowest BCUT2D eigenvalue weighted by molar-refractivity contribution is 0.0964. The summed E-state index contributed by atoms with van der Waals surface area (Å²) in [5, 5.41) is 6.16. The SMILES string of the molecule is CNC(=O)c1ccnc2c([C@H](C)CNc3cc(-c4ccnc(C5CC5)c4)ncn3)ccc(F)c12.S. The number of carbonyl (C=O) groups is 1. The molecular formula is C26H27FN6OS. The Labute approximate surface area is 210 Å². The molecule has 0 aliphatic heterocycles. The van der Waals surface area contributed by atoms with Gasteiger partial charge < -0.3 is 10.6 Å². The zero-order chi connectivity index (χ0) is 23.7. The lowest BCUT2D eigenvalue weighted by Crippen LogP contribution is -2.19. The first kappa shape index (κ1) is 24.5. The topological polar surface area (TPSA) is 92.7 Å². The lowest BCUT2D eigenvalue weighted by Gasteiger charge is -2.17. The van der Waals surface area contributed by atoms with E-state index in [0.29, 0.717) is 23.8 Å². The van der Waals surface area contributed by atoms with Crippen LogP contribution in [0.25, 0.3) is 22.2 Å². The van der Waals surface area contributed by atoms with E-state index in [4.69, 9.17) is 0 Å². The number of benzene rings is 1. The summed E-state index contributed by atoms with van der Waals surface area (Å²) < 4.78 is 14.7. The van der Waals surface area contributed by atoms with Crippen LogP contribution in [0.2, 0.25) is 0 Å². The maximum Gasteiger partial charge on any atom is 0.251 e. The molecule has 5 rings (SSSR count). The number of halogens is 1. The molecule has 0 spiro atoms. The first-order valence-electron chi connectivity index (χ1n) is 11.4. The largest absolute Gasteiger partial charge is 0.369 e. The van der Waals surface area contributed by atoms with Gasteiger partial charge in [-0.2, -0.15) is 13.5 Å². The molecule has 180 valence electrons. The van der Waals surface area contributed by atoms with Crippen LogP contribution in [-0.4, -0.2) is 39.4 Å². The van der Waals surface area contributed by atoms with Crippen LogP contribution >= 0.6 is 13.5 Å². The molecule has 7 nitrogen and oxygen atoms in total. The van der Waals surface area contributed by atoms with Crippen molar-refractivity contribution in [1.82, 2.24) is 25.3 Å². The predicted octanol–water partition coefficient (Wildman–Crippen LogP) is 4.79. The van der Waals surface area contributed by atoms with Gasteiger partial charge in [-0.05, 0) is 42.7 Å². The molecule has 4 aromatic rings. The number of aromatic nitrogens is 4. The fourth-order valence-corrected chi connectivity index (χ4v) is 4.16. The van der Waals surface area contributed by atoms with Crippen LogP contribution in [0.4, 0.5) is 10.2 Å². The second-order valence-corrected chi connectivity index (χ2v) is 8.61. The Morgan fingerprint density at radius 2 is 1.89 bits per heavy atom. The highest BCUT2D eigenvalue weighted by atomic mass is 32.1. The summed E-state index contributed by atoms with van der Waals surface area (Å²) in [5.74, 6) is 0.448. The Hall–Kier alpha value is -3.59. The van der Waals surface area contributed by atoms with Crippen molar-refractivity contribution in [3.63, 3.8) is 0 Å². The van der Waals surface area contributed by atoms with E-state index in [1.807, 2.05) is 25.3 Å². The number of pyridine rings is 2. The highest BCUT2D eigenvalue weighted by molar-refractivity contribution is 7.59. The van der Waals surface area contributed by atoms with Crippen LogP contribution in [0, 0.1) is 5.82 Å². The molecule has 1 aliphatic carbocycles. The fourth-order valence-electron chi connectivity index (χ4n) is 4.16. The van der Waals surface area contributed by atoms with Gasteiger partial charge in [-0.25, -0.2) is 14.4 Å². The Kier molecular flexibility index (Phi) is 7.25. The van der Waals surface area contributed by atoms with Gasteiger partial charge in [0.1, 0.15) is 18.0 Å². The van der Waals surface area contributed by atoms with E-state index in [1.54, 1.807) is 12.4 Å². The maximum absolute atomic E-state index is 14.7. The first-order chi connectivity index (χ1) is 16.5. The van der Waals surface area contributed by atoms with Gasteiger partial charge in [-0.15, -0.1) is 0 Å². The molecule has 1 aliphatic rings. The quantitative estimate of drug-likeness (QED) is 0.387. The normalized spacial score (nSPS) is 13.7. The van der Waals surface area contributed by atoms with E-state index in [9.17, 15) is 9.18 Å². The van der Waals surface area contributed by atoms with Crippen LogP contribution in [-0.2, 0) is 0 Å². The van der Waals surface area contributed by atoms with Crippen LogP contribution in [0.3, 0.4) is 0 Å². The van der Waals surface area contributed by atoms with Crippen molar-refractivity contribution < 1.29 is 9.18 Å². The van der Waals surface area contributed by atoms with Crippen molar-refractivity contribution in [2.45, 2.75) is 31.6 Å². The molecule has 0 unspecified atom stereocenters. The zero-order valence-corrected chi connectivity index (χ0v) is 20.5. The number of hydrogen-bond donors (Lipinski definition) is 2. The average molecular weight is 491 g/mol. The van der Waals surface area contributed by atoms with Crippen molar-refractivity contribution in [2.75, 3.05) is 18.9 Å². The second kappa shape index (κ2) is 10.4. The van der Waals surface area contributed by atoms with E-state index in [0.717, 1.165) is 22.5 Å². The van der Waals surface area contributed by atoms with Gasteiger partial charge in [0.15, 0.2) is 0 Å². The number of carbonyl (C=O) groups excluding carboxylic acids is 1. The summed E-state index contributed by atoms with van der Waals surface area (Å²) >= 11 is 0. The summed E-state index contributed by atoms with van der Waals surface area (Å²) in [6.07, 6.45) is 7.31. The van der Waals surface area contributed by atoms with E-state index in [-0.39, 0.29) is 36.3 Å². The van der Waals surface area contributed by atoms with Gasteiger partial charge in [0, 0.05) is 60.5 Å². The number of amides is 1. The van der Waals surface area contributed by atoms with Crippen molar-refractivity contribution in [2.24, 2.45) is 0 Å². The van der Waals surface area contributed by atoms with Gasteiger partial charge in [0.25, 0.3) is 5.91 Å². The second-order valence-electron chi connectivity index (χ2n) is 8.61. The summed E-state index contributed by atoms with van der Waals surface area (Å²) in [6.45, 7) is 2.58. The van der Waals surface area contributed by atoms with Crippen LogP contribution in [0.1, 0.15) is 53.2 Å². The third-order valence-electron chi connectivity index (χ3n) is 6.20. The minimum Gasteiger partial charge on any atom is -0.369 e. The summed E-state index contributed by atoms with van der Waals surface area (Å²) in [7, 11) is 1.53. The number of nitrogens with zero attached hydrogens (tertiary/aromatic N) is 4. The number of anilines is 1. The summed E-state index contributed by atoms with van der Waals surface area (Å²) in [5.41, 5.74) is 4.58. The van der Waals surface area contributed by atoms with E-state index in [1.165, 1.54) is 38.2 Å². The Balaban J connectivity index is 0.00000289. The lowest BCUT2D eigenvalue weighted by atomic mass is 9.95. The maximum atomic E-state index is 14.7. The van der Waals surface area contributed by atoms with Crippen molar-refractivity contribution in [1.29, 1.82) is 0 Å². The molecule has 9 heteroatoms. The van der Waals surface area contributed by atoms with Gasteiger partial charge >= 0.3 is 0 Å². The van der Waals surface area contributed by atoms with Crippen LogP contribution < -0.4 is 10.6 Å². The molecule has 0 bridgehead atoms. The van der Waals surface area contributed by atoms with Gasteiger partial charge in [-0.1, -0.05) is 13.0 Å². The number of hydrogen-bond acceptors (Lipinski definition) is 6. The minimum atomic E-state index is -0.464. The smallest absolute Gasteiger partial charge is 0.251 e. The molecular weight excluding hydrogens is 463 g/mol. The number of fused-ring (bicyclic) bond motifs is 1. The molecule has 3 heterocycles. The Morgan fingerprint density at radius 3 is 2.66 bits per heavy atom. The van der Waals surface area contributed by atoms with E-state index < -0.39 is 5.82 Å². The monoisotopic (exact) mass is 490 g/mol. The first-order valence-corrected chi connectivity index (χ1v) is 11.4. The van der Waals surface area contributed by atoms with Crippen molar-refractivity contribution >= 4 is 36.1 Å². The van der Waals surface area contributed by atoms with E-state index >= 15 is 0 Å². The Bertz CT molecular complexity index is 1380. The minimum absolute atomic E-state index is 0. The molecule has 0 saturated heterocycles. The fraction of sp³-hybridized carbons (Fsp3) is 0.269. The van der Waals surface area contributed by atoms with Gasteiger partial charge in [-0.3, -0.25) is 14.8 Å². The molecule has 1 aromatic carbocycles. The van der Waals surface area contributed by atoms with Crippen molar-refractivity contribution in [3.05, 3.63) is 77.8 Å². The predicted molar refractivity (Wildman–Crippen MR) is 140 cm³/mol. The summed E-state index contributed by atoms with van der Waals surface area (Å²) in [4.78, 5) is 29.9. The zero-order valence-electron chi connectivity index (χ0n) is 19.5. The van der Waals surface area contributed by atoms with Crippen LogP contribution in [0.15, 0.2) is 55.1 Å². The van der Waals surface area contributed by atoms with Gasteiger partial charge in [0.05, 0.1) is 16.8 Å². The third-order valence-corrected chi connectivity index (χ3v) is 6.20. The number of rotatable bonds is 7. The molecule has 2 N–H and O–H groups in total. The Morgan fingerprint density at radius 1 is 1.09 bits per heavy atom. The molecule has 35 heavy (non-hydrogen) atoms. The van der Waals surface area contributed by atoms with Crippen molar-refractivity contribution in [3.8, 4) is 11.3 Å². The molecule has 0 radical (unpaired) electrons. The summed E-state index contributed by atoms with van der Waals surface area (Å²) in [6, 6.07) is 10.6. The highest BCUT2D eigenvalue weighted by Gasteiger charge is 2.25. The van der Waals surface area contributed by atoms with E-state index in [2.05, 4.69) is 36.6 Å². The molecule has 1 saturated carbocycles. The van der Waals surface area contributed by atoms with Crippen LogP contribution in [0.5, 0.6) is 0 Å². The molecule has 1 amide bonds. The van der Waals surface area contributed by atoms with Gasteiger partial charge in [0.2, 0.25) is 0 Å². The molecule has 1 fully saturated rings. The standard InChI is InChI=1S/C26H25FN6O.H2S/c1-15(18-5-6-20(27)24-19(26(34)28-2)8-10-30-25(18)24)13-31-23-12-22(32-14-33-23)17-7-9-29-21(11-17)16-3-4-16;/h5-12,14-16H,3-4,13H2,1-2H3,(H,28,34)(H,31,32,33);1H2/t15-;/m1./s1. The molecule has 3 aromatic heterocycles. The number of nitrogens with one attached hydrogen (secondary N) is 2. The highest BCUT2D eigenvalue weighted by Crippen LogP contribution is 2.39. The third kappa shape index (κ3) is 5.09. The average Bonchev–Trinajstić information content (AvgIpc) is 3.73. The molecule has 1 atom stereocenters.